The molecule has 0 bridgehead atoms. The second-order valence-corrected chi connectivity index (χ2v) is 8.02. The van der Waals surface area contributed by atoms with Crippen LogP contribution in [-0.2, 0) is 6.54 Å². The number of hydrogen-bond donors (Lipinski definition) is 0. The van der Waals surface area contributed by atoms with Crippen molar-refractivity contribution in [3.05, 3.63) is 52.3 Å². The van der Waals surface area contributed by atoms with E-state index in [1.54, 1.807) is 6.20 Å². The Morgan fingerprint density at radius 1 is 1.16 bits per heavy atom. The van der Waals surface area contributed by atoms with Crippen molar-refractivity contribution in [3.8, 4) is 0 Å². The van der Waals surface area contributed by atoms with Gasteiger partial charge >= 0.3 is 6.03 Å². The van der Waals surface area contributed by atoms with Crippen LogP contribution in [0.1, 0.15) is 18.4 Å². The molecule has 2 aromatic rings. The topological polar surface area (TPSA) is 41.4 Å². The third kappa shape index (κ3) is 3.54. The summed E-state index contributed by atoms with van der Waals surface area (Å²) < 4.78 is 1.33. The number of amides is 1. The van der Waals surface area contributed by atoms with Crippen LogP contribution in [0.2, 0.25) is 10.0 Å². The van der Waals surface area contributed by atoms with Gasteiger partial charge in [0.2, 0.25) is 0 Å². The van der Waals surface area contributed by atoms with Crippen molar-refractivity contribution in [2.24, 2.45) is 5.41 Å². The lowest BCUT2D eigenvalue weighted by atomic mass is 9.86. The Balaban J connectivity index is 1.38. The molecule has 132 valence electrons. The molecule has 3 heterocycles. The van der Waals surface area contributed by atoms with Gasteiger partial charge in [-0.2, -0.15) is 9.78 Å². The second-order valence-electron chi connectivity index (χ2n) is 7.15. The molecule has 1 aromatic carbocycles. The predicted octanol–water partition coefficient (Wildman–Crippen LogP) is 3.76. The first kappa shape index (κ1) is 16.9. The number of nitrogens with zero attached hydrogens (tertiary/aromatic N) is 4. The van der Waals surface area contributed by atoms with Crippen LogP contribution >= 0.6 is 23.2 Å². The third-order valence-corrected chi connectivity index (χ3v) is 5.70. The van der Waals surface area contributed by atoms with E-state index in [-0.39, 0.29) is 11.4 Å². The molecule has 2 aliphatic rings. The van der Waals surface area contributed by atoms with E-state index in [4.69, 9.17) is 23.2 Å². The fraction of sp³-hybridized carbons (Fsp3) is 0.444. The molecule has 0 radical (unpaired) electrons. The van der Waals surface area contributed by atoms with E-state index < -0.39 is 0 Å². The minimum atomic E-state index is -0.0860. The maximum atomic E-state index is 12.5. The average Bonchev–Trinajstić information content (AvgIpc) is 3.29. The maximum Gasteiger partial charge on any atom is 0.344 e. The molecule has 5 nitrogen and oxygen atoms in total. The van der Waals surface area contributed by atoms with Crippen molar-refractivity contribution in [1.29, 1.82) is 0 Å². The van der Waals surface area contributed by atoms with Gasteiger partial charge in [-0.05, 0) is 37.1 Å². The van der Waals surface area contributed by atoms with Gasteiger partial charge in [0, 0.05) is 36.6 Å². The first-order chi connectivity index (χ1) is 12.0. The number of likely N-dealkylation sites (tertiary alicyclic amines) is 2. The van der Waals surface area contributed by atoms with E-state index >= 15 is 0 Å². The maximum absolute atomic E-state index is 12.5. The van der Waals surface area contributed by atoms with Gasteiger partial charge in [0.05, 0.1) is 17.4 Å². The van der Waals surface area contributed by atoms with Crippen molar-refractivity contribution in [2.45, 2.75) is 19.4 Å². The van der Waals surface area contributed by atoms with Crippen LogP contribution in [0.5, 0.6) is 0 Å². The van der Waals surface area contributed by atoms with Gasteiger partial charge in [0.15, 0.2) is 0 Å². The van der Waals surface area contributed by atoms with Crippen molar-refractivity contribution < 1.29 is 4.79 Å². The van der Waals surface area contributed by atoms with Gasteiger partial charge in [0.25, 0.3) is 0 Å². The molecule has 2 aliphatic heterocycles. The largest absolute Gasteiger partial charge is 0.344 e. The van der Waals surface area contributed by atoms with Crippen LogP contribution in [0, 0.1) is 5.41 Å². The lowest BCUT2D eigenvalue weighted by Crippen LogP contribution is -2.36. The van der Waals surface area contributed by atoms with E-state index in [1.165, 1.54) is 16.4 Å². The lowest BCUT2D eigenvalue weighted by Gasteiger charge is -2.24. The third-order valence-electron chi connectivity index (χ3n) is 5.27. The minimum Gasteiger partial charge on any atom is -0.322 e. The molecular weight excluding hydrogens is 359 g/mol. The Kier molecular flexibility index (Phi) is 4.48. The van der Waals surface area contributed by atoms with Gasteiger partial charge in [-0.3, -0.25) is 4.90 Å². The van der Waals surface area contributed by atoms with Crippen LogP contribution in [0.15, 0.2) is 36.7 Å². The number of carbonyl (C=O) groups is 1. The zero-order chi connectivity index (χ0) is 17.4. The van der Waals surface area contributed by atoms with Gasteiger partial charge in [-0.25, -0.2) is 4.79 Å². The highest BCUT2D eigenvalue weighted by Gasteiger charge is 2.44. The van der Waals surface area contributed by atoms with E-state index in [0.717, 1.165) is 50.6 Å². The summed E-state index contributed by atoms with van der Waals surface area (Å²) >= 11 is 12.0. The normalized spacial score (nSPS) is 23.7. The molecule has 1 spiro atoms. The summed E-state index contributed by atoms with van der Waals surface area (Å²) in [5, 5.41) is 5.29. The van der Waals surface area contributed by atoms with Gasteiger partial charge in [-0.1, -0.05) is 35.3 Å². The molecule has 25 heavy (non-hydrogen) atoms. The van der Waals surface area contributed by atoms with E-state index in [0.29, 0.717) is 5.02 Å². The Morgan fingerprint density at radius 2 is 2.00 bits per heavy atom. The summed E-state index contributed by atoms with van der Waals surface area (Å²) in [6.07, 6.45) is 5.22. The van der Waals surface area contributed by atoms with Crippen molar-refractivity contribution in [3.63, 3.8) is 0 Å². The zero-order valence-electron chi connectivity index (χ0n) is 13.9. The summed E-state index contributed by atoms with van der Waals surface area (Å²) in [6.45, 7) is 4.55. The molecule has 7 heteroatoms. The fourth-order valence-electron chi connectivity index (χ4n) is 4.04. The number of halogens is 2. The van der Waals surface area contributed by atoms with Crippen molar-refractivity contribution >= 4 is 29.2 Å². The number of aromatic nitrogens is 2. The predicted molar refractivity (Wildman–Crippen MR) is 98.0 cm³/mol. The summed E-state index contributed by atoms with van der Waals surface area (Å²) in [5.74, 6) is 0. The summed E-state index contributed by atoms with van der Waals surface area (Å²) in [5.41, 5.74) is 1.44. The smallest absolute Gasteiger partial charge is 0.322 e. The Hall–Kier alpha value is -1.56. The van der Waals surface area contributed by atoms with E-state index in [1.807, 2.05) is 23.1 Å². The highest BCUT2D eigenvalue weighted by Crippen LogP contribution is 2.40. The quantitative estimate of drug-likeness (QED) is 0.798. The zero-order valence-corrected chi connectivity index (χ0v) is 15.4. The average molecular weight is 379 g/mol. The second kappa shape index (κ2) is 6.63. The Morgan fingerprint density at radius 3 is 2.76 bits per heavy atom. The monoisotopic (exact) mass is 378 g/mol. The number of carbonyl (C=O) groups excluding carboxylic acids is 1. The molecule has 0 saturated carbocycles. The molecule has 0 unspecified atom stereocenters. The van der Waals surface area contributed by atoms with Gasteiger partial charge in [0.1, 0.15) is 0 Å². The van der Waals surface area contributed by atoms with E-state index in [9.17, 15) is 4.79 Å². The summed E-state index contributed by atoms with van der Waals surface area (Å²) in [6, 6.07) is 7.95. The SMILES string of the molecule is O=C(N1CC[C@@]2(CCN(Cc3cccc(Cl)c3)C2)C1)n1cc(Cl)cn1. The first-order valence-electron chi connectivity index (χ1n) is 8.49. The number of rotatable bonds is 2. The van der Waals surface area contributed by atoms with Crippen LogP contribution in [0.3, 0.4) is 0 Å². The van der Waals surface area contributed by atoms with Crippen LogP contribution in [0.25, 0.3) is 0 Å². The Bertz CT molecular complexity index is 793. The molecule has 0 aliphatic carbocycles. The van der Waals surface area contributed by atoms with E-state index in [2.05, 4.69) is 16.1 Å². The molecule has 1 atom stereocenters. The summed E-state index contributed by atoms with van der Waals surface area (Å²) in [4.78, 5) is 16.9. The van der Waals surface area contributed by atoms with Gasteiger partial charge in [-0.15, -0.1) is 0 Å². The molecule has 1 amide bonds. The Labute approximate surface area is 157 Å². The standard InChI is InChI=1S/C18H20Cl2N4O/c19-15-3-1-2-14(8-15)10-22-6-4-18(12-22)5-7-23(13-18)17(25)24-11-16(20)9-21-24/h1-3,8-9,11H,4-7,10,12-13H2/t18-/m1/s1. The van der Waals surface area contributed by atoms with Crippen molar-refractivity contribution in [1.82, 2.24) is 19.6 Å². The highest BCUT2D eigenvalue weighted by atomic mass is 35.5. The van der Waals surface area contributed by atoms with Crippen LogP contribution in [-0.4, -0.2) is 51.8 Å². The van der Waals surface area contributed by atoms with Crippen LogP contribution < -0.4 is 0 Å². The van der Waals surface area contributed by atoms with Crippen LogP contribution in [0.4, 0.5) is 4.79 Å². The lowest BCUT2D eigenvalue weighted by molar-refractivity contribution is 0.196. The molecule has 4 rings (SSSR count). The molecule has 2 fully saturated rings. The number of hydrogen-bond acceptors (Lipinski definition) is 3. The minimum absolute atomic E-state index is 0.0860. The molecule has 2 saturated heterocycles. The van der Waals surface area contributed by atoms with Gasteiger partial charge < -0.3 is 4.90 Å². The molecular formula is C18H20Cl2N4O. The van der Waals surface area contributed by atoms with Crippen molar-refractivity contribution in [2.75, 3.05) is 26.2 Å². The molecule has 0 N–H and O–H groups in total. The fourth-order valence-corrected chi connectivity index (χ4v) is 4.39. The molecule has 1 aromatic heterocycles. The summed E-state index contributed by atoms with van der Waals surface area (Å²) in [7, 11) is 0. The highest BCUT2D eigenvalue weighted by molar-refractivity contribution is 6.30. The first-order valence-corrected chi connectivity index (χ1v) is 9.25. The number of benzene rings is 1.